The molecule has 1 N–H and O–H groups in total. The standard InChI is InChI=1S/C13H19NO2S/c1-3-11-9(2)7-12(17-11)13(16)14-6-4-5-10(15)8-14/h7,10,15H,3-6,8H2,1-2H3/t10-/m0/s1. The van der Waals surface area contributed by atoms with Gasteiger partial charge in [-0.25, -0.2) is 0 Å². The van der Waals surface area contributed by atoms with Gasteiger partial charge in [-0.2, -0.15) is 0 Å². The van der Waals surface area contributed by atoms with Gasteiger partial charge in [0.15, 0.2) is 0 Å². The predicted molar refractivity (Wildman–Crippen MR) is 69.6 cm³/mol. The Hall–Kier alpha value is -0.870. The third-order valence-corrected chi connectivity index (χ3v) is 4.61. The van der Waals surface area contributed by atoms with Crippen molar-refractivity contribution in [2.75, 3.05) is 13.1 Å². The summed E-state index contributed by atoms with van der Waals surface area (Å²) >= 11 is 1.59. The second-order valence-corrected chi connectivity index (χ2v) is 5.75. The fourth-order valence-electron chi connectivity index (χ4n) is 2.27. The normalized spacial score (nSPS) is 20.6. The summed E-state index contributed by atoms with van der Waals surface area (Å²) in [6, 6.07) is 1.98. The van der Waals surface area contributed by atoms with Gasteiger partial charge in [0.2, 0.25) is 0 Å². The van der Waals surface area contributed by atoms with Crippen molar-refractivity contribution in [3.63, 3.8) is 0 Å². The van der Waals surface area contributed by atoms with E-state index in [1.54, 1.807) is 16.2 Å². The zero-order valence-electron chi connectivity index (χ0n) is 10.4. The number of β-amino-alcohol motifs (C(OH)–C–C–N with tert-alkyl or cyclic N) is 1. The van der Waals surface area contributed by atoms with Gasteiger partial charge < -0.3 is 10.0 Å². The van der Waals surface area contributed by atoms with E-state index >= 15 is 0 Å². The molecule has 0 radical (unpaired) electrons. The number of likely N-dealkylation sites (tertiary alicyclic amines) is 1. The van der Waals surface area contributed by atoms with Crippen LogP contribution in [0.3, 0.4) is 0 Å². The lowest BCUT2D eigenvalue weighted by atomic mass is 10.1. The topological polar surface area (TPSA) is 40.5 Å². The Kier molecular flexibility index (Phi) is 3.84. The molecule has 1 aliphatic rings. The molecule has 1 fully saturated rings. The van der Waals surface area contributed by atoms with E-state index in [-0.39, 0.29) is 12.0 Å². The van der Waals surface area contributed by atoms with E-state index in [0.717, 1.165) is 30.7 Å². The van der Waals surface area contributed by atoms with E-state index in [1.807, 2.05) is 6.07 Å². The molecule has 1 atom stereocenters. The molecule has 1 amide bonds. The highest BCUT2D eigenvalue weighted by Crippen LogP contribution is 2.24. The quantitative estimate of drug-likeness (QED) is 0.878. The monoisotopic (exact) mass is 253 g/mol. The van der Waals surface area contributed by atoms with E-state index in [1.165, 1.54) is 10.4 Å². The highest BCUT2D eigenvalue weighted by Gasteiger charge is 2.24. The number of hydrogen-bond acceptors (Lipinski definition) is 3. The summed E-state index contributed by atoms with van der Waals surface area (Å²) in [6.45, 7) is 5.42. The van der Waals surface area contributed by atoms with E-state index in [9.17, 15) is 9.90 Å². The SMILES string of the molecule is CCc1sc(C(=O)N2CCC[C@H](O)C2)cc1C. The number of aliphatic hydroxyl groups excluding tert-OH is 1. The molecule has 0 aliphatic carbocycles. The first-order valence-electron chi connectivity index (χ1n) is 6.18. The highest BCUT2D eigenvalue weighted by atomic mass is 32.1. The summed E-state index contributed by atoms with van der Waals surface area (Å²) in [5.41, 5.74) is 1.21. The smallest absolute Gasteiger partial charge is 0.264 e. The summed E-state index contributed by atoms with van der Waals surface area (Å²) in [5.74, 6) is 0.0801. The molecule has 0 bridgehead atoms. The Morgan fingerprint density at radius 3 is 3.00 bits per heavy atom. The first-order valence-corrected chi connectivity index (χ1v) is 7.00. The van der Waals surface area contributed by atoms with Gasteiger partial charge in [-0.3, -0.25) is 4.79 Å². The average Bonchev–Trinajstić information content (AvgIpc) is 2.69. The maximum atomic E-state index is 12.3. The van der Waals surface area contributed by atoms with Gasteiger partial charge in [0.05, 0.1) is 11.0 Å². The molecule has 1 aromatic rings. The van der Waals surface area contributed by atoms with Gasteiger partial charge in [0, 0.05) is 18.0 Å². The average molecular weight is 253 g/mol. The number of thiophene rings is 1. The second-order valence-electron chi connectivity index (χ2n) is 4.62. The van der Waals surface area contributed by atoms with E-state index < -0.39 is 0 Å². The maximum absolute atomic E-state index is 12.3. The number of aryl methyl sites for hydroxylation is 2. The third-order valence-electron chi connectivity index (χ3n) is 3.24. The Labute approximate surface area is 106 Å². The summed E-state index contributed by atoms with van der Waals surface area (Å²) in [4.78, 5) is 16.1. The first kappa shape index (κ1) is 12.6. The van der Waals surface area contributed by atoms with E-state index in [2.05, 4.69) is 13.8 Å². The molecule has 1 aromatic heterocycles. The number of rotatable bonds is 2. The number of aliphatic hydroxyl groups is 1. The minimum atomic E-state index is -0.348. The minimum Gasteiger partial charge on any atom is -0.391 e. The molecule has 0 saturated carbocycles. The molecule has 4 heteroatoms. The van der Waals surface area contributed by atoms with Crippen molar-refractivity contribution >= 4 is 17.2 Å². The summed E-state index contributed by atoms with van der Waals surface area (Å²) < 4.78 is 0. The molecule has 1 aliphatic heterocycles. The zero-order valence-corrected chi connectivity index (χ0v) is 11.2. The Balaban J connectivity index is 2.13. The van der Waals surface area contributed by atoms with Crippen molar-refractivity contribution in [1.29, 1.82) is 0 Å². The van der Waals surface area contributed by atoms with Crippen LogP contribution in [0, 0.1) is 6.92 Å². The molecule has 0 spiro atoms. The van der Waals surface area contributed by atoms with Crippen molar-refractivity contribution in [1.82, 2.24) is 4.90 Å². The Bertz CT molecular complexity index is 414. The largest absolute Gasteiger partial charge is 0.391 e. The zero-order chi connectivity index (χ0) is 12.4. The van der Waals surface area contributed by atoms with E-state index in [4.69, 9.17) is 0 Å². The van der Waals surface area contributed by atoms with Crippen molar-refractivity contribution in [2.24, 2.45) is 0 Å². The number of amides is 1. The molecule has 2 heterocycles. The van der Waals surface area contributed by atoms with Crippen LogP contribution in [-0.2, 0) is 6.42 Å². The van der Waals surface area contributed by atoms with Crippen molar-refractivity contribution < 1.29 is 9.90 Å². The number of piperidine rings is 1. The number of hydrogen-bond donors (Lipinski definition) is 1. The molecule has 3 nitrogen and oxygen atoms in total. The Morgan fingerprint density at radius 1 is 1.65 bits per heavy atom. The summed E-state index contributed by atoms with van der Waals surface area (Å²) in [7, 11) is 0. The molecule has 0 unspecified atom stereocenters. The summed E-state index contributed by atoms with van der Waals surface area (Å²) in [6.07, 6.45) is 2.34. The Morgan fingerprint density at radius 2 is 2.41 bits per heavy atom. The summed E-state index contributed by atoms with van der Waals surface area (Å²) in [5, 5.41) is 9.59. The van der Waals surface area contributed by atoms with Gasteiger partial charge in [-0.05, 0) is 37.8 Å². The minimum absolute atomic E-state index is 0.0801. The number of carbonyl (C=O) groups is 1. The third kappa shape index (κ3) is 2.69. The van der Waals surface area contributed by atoms with Gasteiger partial charge >= 0.3 is 0 Å². The van der Waals surface area contributed by atoms with Crippen LogP contribution in [0.1, 0.15) is 39.9 Å². The first-order chi connectivity index (χ1) is 8.11. The maximum Gasteiger partial charge on any atom is 0.264 e. The molecule has 94 valence electrons. The van der Waals surface area contributed by atoms with Gasteiger partial charge in [0.1, 0.15) is 0 Å². The molecular formula is C13H19NO2S. The van der Waals surface area contributed by atoms with Crippen molar-refractivity contribution in [3.8, 4) is 0 Å². The molecular weight excluding hydrogens is 234 g/mol. The predicted octanol–water partition coefficient (Wildman–Crippen LogP) is 2.22. The van der Waals surface area contributed by atoms with Crippen molar-refractivity contribution in [3.05, 3.63) is 21.4 Å². The van der Waals surface area contributed by atoms with Gasteiger partial charge in [0.25, 0.3) is 5.91 Å². The molecule has 17 heavy (non-hydrogen) atoms. The van der Waals surface area contributed by atoms with Crippen LogP contribution in [0.2, 0.25) is 0 Å². The lowest BCUT2D eigenvalue weighted by Crippen LogP contribution is -2.41. The number of nitrogens with zero attached hydrogens (tertiary/aromatic N) is 1. The van der Waals surface area contributed by atoms with Crippen LogP contribution < -0.4 is 0 Å². The highest BCUT2D eigenvalue weighted by molar-refractivity contribution is 7.14. The molecule has 0 aromatic carbocycles. The van der Waals surface area contributed by atoms with Crippen LogP contribution in [0.15, 0.2) is 6.07 Å². The fraction of sp³-hybridized carbons (Fsp3) is 0.615. The van der Waals surface area contributed by atoms with Crippen molar-refractivity contribution in [2.45, 2.75) is 39.2 Å². The fourth-order valence-corrected chi connectivity index (χ4v) is 3.35. The second kappa shape index (κ2) is 5.19. The lowest BCUT2D eigenvalue weighted by molar-refractivity contribution is 0.0477. The molecule has 1 saturated heterocycles. The lowest BCUT2D eigenvalue weighted by Gasteiger charge is -2.29. The van der Waals surface area contributed by atoms with Gasteiger partial charge in [-0.1, -0.05) is 6.92 Å². The van der Waals surface area contributed by atoms with E-state index in [0.29, 0.717) is 6.54 Å². The van der Waals surface area contributed by atoms with Crippen LogP contribution in [0.5, 0.6) is 0 Å². The van der Waals surface area contributed by atoms with Gasteiger partial charge in [-0.15, -0.1) is 11.3 Å². The van der Waals surface area contributed by atoms with Crippen LogP contribution in [-0.4, -0.2) is 35.1 Å². The van der Waals surface area contributed by atoms with Crippen LogP contribution in [0.25, 0.3) is 0 Å². The van der Waals surface area contributed by atoms with Crippen LogP contribution >= 0.6 is 11.3 Å². The molecule has 2 rings (SSSR count). The van der Waals surface area contributed by atoms with Crippen LogP contribution in [0.4, 0.5) is 0 Å². The number of carbonyl (C=O) groups excluding carboxylic acids is 1.